The molecule has 0 bridgehead atoms. The Hall–Kier alpha value is -2.84. The Kier molecular flexibility index (Phi) is 7.81. The molecule has 1 aliphatic heterocycles. The van der Waals surface area contributed by atoms with Crippen molar-refractivity contribution >= 4 is 5.97 Å². The van der Waals surface area contributed by atoms with E-state index in [1.54, 1.807) is 27.3 Å². The van der Waals surface area contributed by atoms with Crippen molar-refractivity contribution in [3.8, 4) is 22.8 Å². The zero-order chi connectivity index (χ0) is 24.2. The van der Waals surface area contributed by atoms with Gasteiger partial charge in [0.2, 0.25) is 0 Å². The van der Waals surface area contributed by atoms with E-state index in [1.165, 1.54) is 6.07 Å². The summed E-state index contributed by atoms with van der Waals surface area (Å²) in [5, 5.41) is 10.1. The molecule has 1 aromatic heterocycles. The predicted octanol–water partition coefficient (Wildman–Crippen LogP) is 3.23. The summed E-state index contributed by atoms with van der Waals surface area (Å²) in [4.78, 5) is 25.2. The number of esters is 1. The summed E-state index contributed by atoms with van der Waals surface area (Å²) in [5.41, 5.74) is 1.51. The Morgan fingerprint density at radius 1 is 1.18 bits per heavy atom. The van der Waals surface area contributed by atoms with E-state index >= 15 is 0 Å². The number of aromatic nitrogens is 1. The maximum atomic E-state index is 12.8. The fourth-order valence-corrected chi connectivity index (χ4v) is 4.12. The molecule has 0 saturated carbocycles. The van der Waals surface area contributed by atoms with Crippen molar-refractivity contribution in [2.45, 2.75) is 39.7 Å². The zero-order valence-corrected chi connectivity index (χ0v) is 20.0. The van der Waals surface area contributed by atoms with Crippen molar-refractivity contribution in [1.29, 1.82) is 0 Å². The molecule has 0 aliphatic carbocycles. The molecule has 3 rings (SSSR count). The lowest BCUT2D eigenvalue weighted by molar-refractivity contribution is 0.0522. The van der Waals surface area contributed by atoms with Crippen LogP contribution in [0, 0.1) is 5.41 Å². The van der Waals surface area contributed by atoms with Crippen LogP contribution in [0.3, 0.4) is 0 Å². The van der Waals surface area contributed by atoms with E-state index in [-0.39, 0.29) is 24.8 Å². The third-order valence-corrected chi connectivity index (χ3v) is 6.05. The van der Waals surface area contributed by atoms with Crippen LogP contribution in [0.25, 0.3) is 11.3 Å². The number of aliphatic hydroxyl groups is 1. The number of ether oxygens (including phenoxy) is 4. The lowest BCUT2D eigenvalue weighted by Crippen LogP contribution is -2.36. The largest absolute Gasteiger partial charge is 0.493 e. The first-order valence-corrected chi connectivity index (χ1v) is 11.1. The maximum Gasteiger partial charge on any atom is 0.343 e. The molecule has 1 aliphatic rings. The summed E-state index contributed by atoms with van der Waals surface area (Å²) >= 11 is 0. The molecule has 0 amide bonds. The highest BCUT2D eigenvalue weighted by Crippen LogP contribution is 2.45. The monoisotopic (exact) mass is 459 g/mol. The van der Waals surface area contributed by atoms with Gasteiger partial charge in [-0.3, -0.25) is 4.79 Å². The van der Waals surface area contributed by atoms with E-state index in [0.29, 0.717) is 36.8 Å². The quantitative estimate of drug-likeness (QED) is 0.430. The van der Waals surface area contributed by atoms with Gasteiger partial charge in [-0.25, -0.2) is 4.79 Å². The highest BCUT2D eigenvalue weighted by molar-refractivity contribution is 5.89. The van der Waals surface area contributed by atoms with Gasteiger partial charge < -0.3 is 28.6 Å². The minimum atomic E-state index is -0.651. The molecule has 0 saturated heterocycles. The van der Waals surface area contributed by atoms with Crippen LogP contribution >= 0.6 is 0 Å². The molecule has 8 heteroatoms. The van der Waals surface area contributed by atoms with Gasteiger partial charge in [0.25, 0.3) is 0 Å². The van der Waals surface area contributed by atoms with E-state index in [9.17, 15) is 14.7 Å². The molecule has 1 unspecified atom stereocenters. The van der Waals surface area contributed by atoms with Gasteiger partial charge in [-0.15, -0.1) is 0 Å². The Labute approximate surface area is 194 Å². The molecule has 1 aromatic carbocycles. The van der Waals surface area contributed by atoms with Crippen molar-refractivity contribution in [2.24, 2.45) is 5.41 Å². The number of fused-ring (bicyclic) bond motifs is 3. The maximum absolute atomic E-state index is 12.8. The van der Waals surface area contributed by atoms with Crippen LogP contribution in [0.15, 0.2) is 29.2 Å². The topological polar surface area (TPSA) is 96.2 Å². The van der Waals surface area contributed by atoms with Gasteiger partial charge in [0, 0.05) is 49.4 Å². The Morgan fingerprint density at radius 2 is 1.94 bits per heavy atom. The first-order valence-electron chi connectivity index (χ1n) is 11.1. The Balaban J connectivity index is 2.15. The second kappa shape index (κ2) is 10.4. The highest BCUT2D eigenvalue weighted by atomic mass is 16.5. The minimum absolute atomic E-state index is 0.0205. The number of carbonyl (C=O) groups is 1. The number of benzene rings is 1. The van der Waals surface area contributed by atoms with E-state index in [1.807, 2.05) is 30.5 Å². The number of nitrogens with zero attached hydrogens (tertiary/aromatic N) is 1. The first kappa shape index (κ1) is 24.8. The summed E-state index contributed by atoms with van der Waals surface area (Å²) < 4.78 is 23.6. The van der Waals surface area contributed by atoms with Crippen LogP contribution in [-0.4, -0.2) is 56.3 Å². The average Bonchev–Trinajstić information content (AvgIpc) is 2.80. The smallest absolute Gasteiger partial charge is 0.343 e. The minimum Gasteiger partial charge on any atom is -0.493 e. The molecule has 2 aromatic rings. The van der Waals surface area contributed by atoms with Gasteiger partial charge in [0.05, 0.1) is 32.6 Å². The normalized spacial score (nSPS) is 14.9. The van der Waals surface area contributed by atoms with Crippen LogP contribution in [0.2, 0.25) is 0 Å². The number of carbonyl (C=O) groups excluding carboxylic acids is 1. The van der Waals surface area contributed by atoms with Crippen LogP contribution < -0.4 is 14.9 Å². The number of aliphatic hydroxyl groups excluding tert-OH is 1. The summed E-state index contributed by atoms with van der Waals surface area (Å²) in [5.74, 6) is 0.521. The highest BCUT2D eigenvalue weighted by Gasteiger charge is 2.36. The number of methoxy groups -OCH3 is 2. The van der Waals surface area contributed by atoms with Gasteiger partial charge in [0.15, 0.2) is 16.9 Å². The van der Waals surface area contributed by atoms with Gasteiger partial charge in [-0.1, -0.05) is 13.8 Å². The lowest BCUT2D eigenvalue weighted by atomic mass is 9.78. The fourth-order valence-electron chi connectivity index (χ4n) is 4.12. The standard InChI is InChI=1S/C25H33NO7/c1-6-32-24(29)18-14-26-19(13-20(18)28)17-12-21(31-5)22(33-9-7-8-30-4)10-16(17)11-23(26)25(2,3)15-27/h10,12-14,23,27H,6-9,11,15H2,1-5H3. The lowest BCUT2D eigenvalue weighted by Gasteiger charge is -2.40. The van der Waals surface area contributed by atoms with E-state index in [2.05, 4.69) is 0 Å². The summed E-state index contributed by atoms with van der Waals surface area (Å²) in [6, 6.07) is 5.06. The molecule has 8 nitrogen and oxygen atoms in total. The van der Waals surface area contributed by atoms with Crippen molar-refractivity contribution < 1.29 is 28.8 Å². The molecule has 2 heterocycles. The van der Waals surface area contributed by atoms with Gasteiger partial charge in [-0.05, 0) is 31.0 Å². The van der Waals surface area contributed by atoms with Crippen molar-refractivity contribution in [3.05, 3.63) is 45.7 Å². The molecule has 33 heavy (non-hydrogen) atoms. The van der Waals surface area contributed by atoms with Gasteiger partial charge >= 0.3 is 5.97 Å². The van der Waals surface area contributed by atoms with Crippen molar-refractivity contribution in [1.82, 2.24) is 4.57 Å². The average molecular weight is 460 g/mol. The number of hydrogen-bond donors (Lipinski definition) is 1. The molecular formula is C25H33NO7. The SMILES string of the molecule is CCOC(=O)c1cn2c(cc1=O)-c1cc(OC)c(OCCCOC)cc1CC2C(C)(C)CO. The second-order valence-electron chi connectivity index (χ2n) is 8.79. The van der Waals surface area contributed by atoms with Gasteiger partial charge in [-0.2, -0.15) is 0 Å². The van der Waals surface area contributed by atoms with E-state index in [4.69, 9.17) is 18.9 Å². The second-order valence-corrected chi connectivity index (χ2v) is 8.79. The summed E-state index contributed by atoms with van der Waals surface area (Å²) in [6.45, 7) is 6.80. The van der Waals surface area contributed by atoms with Crippen LogP contribution in [0.1, 0.15) is 49.2 Å². The fraction of sp³-hybridized carbons (Fsp3) is 0.520. The van der Waals surface area contributed by atoms with E-state index in [0.717, 1.165) is 17.5 Å². The Bertz CT molecular complexity index is 1060. The van der Waals surface area contributed by atoms with Crippen molar-refractivity contribution in [3.63, 3.8) is 0 Å². The van der Waals surface area contributed by atoms with Gasteiger partial charge in [0.1, 0.15) is 5.56 Å². The third-order valence-electron chi connectivity index (χ3n) is 6.05. The molecule has 180 valence electrons. The Morgan fingerprint density at radius 3 is 2.58 bits per heavy atom. The summed E-state index contributed by atoms with van der Waals surface area (Å²) in [6.07, 6.45) is 2.88. The molecule has 1 atom stereocenters. The number of rotatable bonds is 10. The van der Waals surface area contributed by atoms with Crippen LogP contribution in [0.5, 0.6) is 11.5 Å². The van der Waals surface area contributed by atoms with Crippen molar-refractivity contribution in [2.75, 3.05) is 40.6 Å². The zero-order valence-electron chi connectivity index (χ0n) is 20.0. The van der Waals surface area contributed by atoms with Crippen LogP contribution in [-0.2, 0) is 15.9 Å². The summed E-state index contributed by atoms with van der Waals surface area (Å²) in [7, 11) is 3.22. The molecule has 0 radical (unpaired) electrons. The van der Waals surface area contributed by atoms with E-state index < -0.39 is 16.8 Å². The predicted molar refractivity (Wildman–Crippen MR) is 124 cm³/mol. The first-order chi connectivity index (χ1) is 15.8. The van der Waals surface area contributed by atoms with Crippen LogP contribution in [0.4, 0.5) is 0 Å². The molecule has 0 fully saturated rings. The molecular weight excluding hydrogens is 426 g/mol. The molecule has 0 spiro atoms. The number of pyridine rings is 1. The third kappa shape index (κ3) is 5.07. The molecule has 1 N–H and O–H groups in total. The number of hydrogen-bond acceptors (Lipinski definition) is 7.